The van der Waals surface area contributed by atoms with Gasteiger partial charge in [0.15, 0.2) is 0 Å². The monoisotopic (exact) mass is 289 g/mol. The van der Waals surface area contributed by atoms with Gasteiger partial charge in [-0.2, -0.15) is 0 Å². The van der Waals surface area contributed by atoms with Crippen molar-refractivity contribution in [2.24, 2.45) is 0 Å². The van der Waals surface area contributed by atoms with Crippen LogP contribution in [0.25, 0.3) is 10.9 Å². The molecule has 0 bridgehead atoms. The third kappa shape index (κ3) is 2.78. The molecule has 0 atom stereocenters. The van der Waals surface area contributed by atoms with Gasteiger partial charge in [-0.25, -0.2) is 9.78 Å². The first-order valence-corrected chi connectivity index (χ1v) is 7.49. The Kier molecular flexibility index (Phi) is 3.89. The number of carboxylic acids is 1. The number of rotatable bonds is 3. The highest BCUT2D eigenvalue weighted by atomic mass is 32.2. The largest absolute Gasteiger partial charge is 0.478 e. The van der Waals surface area contributed by atoms with Crippen LogP contribution in [-0.4, -0.2) is 34.5 Å². The Balaban J connectivity index is 1.96. The van der Waals surface area contributed by atoms with Crippen LogP contribution in [0, 0.1) is 0 Å². The molecule has 2 heterocycles. The summed E-state index contributed by atoms with van der Waals surface area (Å²) in [5.41, 5.74) is 1.06. The number of hydrogen-bond acceptors (Lipinski definition) is 4. The summed E-state index contributed by atoms with van der Waals surface area (Å²) < 4.78 is 5.34. The summed E-state index contributed by atoms with van der Waals surface area (Å²) in [6, 6.07) is 9.06. The quantitative estimate of drug-likeness (QED) is 0.940. The van der Waals surface area contributed by atoms with Crippen LogP contribution in [0.5, 0.6) is 0 Å². The van der Waals surface area contributed by atoms with Gasteiger partial charge < -0.3 is 9.84 Å². The molecule has 1 aromatic carbocycles. The number of para-hydroxylation sites is 1. The number of benzene rings is 1. The third-order valence-electron chi connectivity index (χ3n) is 3.38. The average Bonchev–Trinajstić information content (AvgIpc) is 2.47. The normalized spacial score (nSPS) is 16.4. The van der Waals surface area contributed by atoms with Crippen LogP contribution in [0.4, 0.5) is 0 Å². The van der Waals surface area contributed by atoms with Gasteiger partial charge in [-0.1, -0.05) is 18.2 Å². The van der Waals surface area contributed by atoms with Crippen LogP contribution in [0.2, 0.25) is 0 Å². The van der Waals surface area contributed by atoms with Gasteiger partial charge in [0.2, 0.25) is 0 Å². The topological polar surface area (TPSA) is 59.4 Å². The Bertz CT molecular complexity index is 638. The number of nitrogens with zero attached hydrogens (tertiary/aromatic N) is 1. The van der Waals surface area contributed by atoms with E-state index >= 15 is 0 Å². The molecule has 4 nitrogen and oxygen atoms in total. The van der Waals surface area contributed by atoms with E-state index in [1.807, 2.05) is 18.2 Å². The molecule has 104 valence electrons. The molecule has 3 rings (SSSR count). The maximum Gasteiger partial charge on any atom is 0.336 e. The number of thioether (sulfide) groups is 1. The van der Waals surface area contributed by atoms with Crippen molar-refractivity contribution >= 4 is 28.6 Å². The molecule has 1 aromatic heterocycles. The molecule has 0 spiro atoms. The first-order chi connectivity index (χ1) is 9.74. The molecule has 1 saturated heterocycles. The van der Waals surface area contributed by atoms with Crippen molar-refractivity contribution in [2.45, 2.75) is 23.1 Å². The molecule has 1 N–H and O–H groups in total. The average molecular weight is 289 g/mol. The minimum absolute atomic E-state index is 0.324. The summed E-state index contributed by atoms with van der Waals surface area (Å²) in [6.45, 7) is 1.55. The molecule has 0 unspecified atom stereocenters. The number of pyridine rings is 1. The lowest BCUT2D eigenvalue weighted by Gasteiger charge is -2.21. The Morgan fingerprint density at radius 1 is 1.30 bits per heavy atom. The molecule has 0 amide bonds. The summed E-state index contributed by atoms with van der Waals surface area (Å²) in [4.78, 5) is 16.0. The van der Waals surface area contributed by atoms with E-state index in [2.05, 4.69) is 4.98 Å². The number of fused-ring (bicyclic) bond motifs is 1. The molecule has 1 aliphatic rings. The molecule has 0 aliphatic carbocycles. The molecule has 1 fully saturated rings. The van der Waals surface area contributed by atoms with E-state index < -0.39 is 5.97 Å². The van der Waals surface area contributed by atoms with Crippen LogP contribution in [-0.2, 0) is 4.74 Å². The second kappa shape index (κ2) is 5.81. The van der Waals surface area contributed by atoms with Crippen molar-refractivity contribution in [3.8, 4) is 0 Å². The van der Waals surface area contributed by atoms with Crippen LogP contribution in [0.1, 0.15) is 23.2 Å². The lowest BCUT2D eigenvalue weighted by molar-refractivity contribution is 0.0698. The van der Waals surface area contributed by atoms with Crippen LogP contribution in [0.15, 0.2) is 35.4 Å². The third-order valence-corrected chi connectivity index (χ3v) is 4.63. The van der Waals surface area contributed by atoms with Gasteiger partial charge in [0.25, 0.3) is 0 Å². The van der Waals surface area contributed by atoms with Gasteiger partial charge in [-0.3, -0.25) is 0 Å². The fraction of sp³-hybridized carbons (Fsp3) is 0.333. The number of hydrogen-bond donors (Lipinski definition) is 1. The van der Waals surface area contributed by atoms with Crippen molar-refractivity contribution < 1.29 is 14.6 Å². The standard InChI is InChI=1S/C15H15NO3S/c17-15(18)12-9-14(20-10-5-7-19-8-6-10)16-13-4-2-1-3-11(12)13/h1-4,9-10H,5-8H2,(H,17,18). The van der Waals surface area contributed by atoms with Gasteiger partial charge in [-0.15, -0.1) is 11.8 Å². The summed E-state index contributed by atoms with van der Waals surface area (Å²) in [5, 5.41) is 11.3. The minimum atomic E-state index is -0.905. The lowest BCUT2D eigenvalue weighted by atomic mass is 10.1. The van der Waals surface area contributed by atoms with E-state index in [-0.39, 0.29) is 0 Å². The van der Waals surface area contributed by atoms with Gasteiger partial charge in [-0.05, 0) is 25.0 Å². The van der Waals surface area contributed by atoms with Crippen molar-refractivity contribution in [3.63, 3.8) is 0 Å². The van der Waals surface area contributed by atoms with Gasteiger partial charge in [0, 0.05) is 23.8 Å². The molecule has 0 radical (unpaired) electrons. The van der Waals surface area contributed by atoms with Crippen LogP contribution < -0.4 is 0 Å². The summed E-state index contributed by atoms with van der Waals surface area (Å²) in [6.07, 6.45) is 1.98. The molecule has 2 aromatic rings. The predicted octanol–water partition coefficient (Wildman–Crippen LogP) is 3.20. The zero-order chi connectivity index (χ0) is 13.9. The van der Waals surface area contributed by atoms with Crippen LogP contribution >= 0.6 is 11.8 Å². The van der Waals surface area contributed by atoms with Crippen molar-refractivity contribution in [3.05, 3.63) is 35.9 Å². The summed E-state index contributed by atoms with van der Waals surface area (Å²) in [5.74, 6) is -0.905. The van der Waals surface area contributed by atoms with Gasteiger partial charge >= 0.3 is 5.97 Å². The lowest BCUT2D eigenvalue weighted by Crippen LogP contribution is -2.17. The molecular formula is C15H15NO3S. The maximum atomic E-state index is 11.4. The maximum absolute atomic E-state index is 11.4. The first kappa shape index (κ1) is 13.4. The number of aromatic nitrogens is 1. The summed E-state index contributed by atoms with van der Waals surface area (Å²) in [7, 11) is 0. The number of ether oxygens (including phenoxy) is 1. The fourth-order valence-electron chi connectivity index (χ4n) is 2.35. The molecular weight excluding hydrogens is 274 g/mol. The fourth-order valence-corrected chi connectivity index (χ4v) is 3.46. The second-order valence-electron chi connectivity index (χ2n) is 4.76. The summed E-state index contributed by atoms with van der Waals surface area (Å²) >= 11 is 1.66. The number of carbonyl (C=O) groups is 1. The Morgan fingerprint density at radius 2 is 2.05 bits per heavy atom. The van der Waals surface area contributed by atoms with Gasteiger partial charge in [0.05, 0.1) is 16.1 Å². The smallest absolute Gasteiger partial charge is 0.336 e. The SMILES string of the molecule is O=C(O)c1cc(SC2CCOCC2)nc2ccccc12. The van der Waals surface area contributed by atoms with Crippen LogP contribution in [0.3, 0.4) is 0 Å². The van der Waals surface area contributed by atoms with E-state index in [0.29, 0.717) is 16.2 Å². The minimum Gasteiger partial charge on any atom is -0.478 e. The Morgan fingerprint density at radius 3 is 2.80 bits per heavy atom. The van der Waals surface area contributed by atoms with Crippen molar-refractivity contribution in [2.75, 3.05) is 13.2 Å². The second-order valence-corrected chi connectivity index (χ2v) is 6.08. The highest BCUT2D eigenvalue weighted by Crippen LogP contribution is 2.31. The van der Waals surface area contributed by atoms with E-state index in [4.69, 9.17) is 4.74 Å². The van der Waals surface area contributed by atoms with Gasteiger partial charge in [0.1, 0.15) is 0 Å². The van der Waals surface area contributed by atoms with Crippen molar-refractivity contribution in [1.29, 1.82) is 0 Å². The van der Waals surface area contributed by atoms with E-state index in [0.717, 1.165) is 36.6 Å². The molecule has 20 heavy (non-hydrogen) atoms. The molecule has 0 saturated carbocycles. The molecule has 5 heteroatoms. The van der Waals surface area contributed by atoms with E-state index in [1.165, 1.54) is 0 Å². The first-order valence-electron chi connectivity index (χ1n) is 6.61. The predicted molar refractivity (Wildman–Crippen MR) is 78.4 cm³/mol. The highest BCUT2D eigenvalue weighted by molar-refractivity contribution is 7.99. The zero-order valence-corrected chi connectivity index (χ0v) is 11.7. The zero-order valence-electron chi connectivity index (χ0n) is 10.9. The highest BCUT2D eigenvalue weighted by Gasteiger charge is 2.18. The Labute approximate surface area is 121 Å². The Hall–Kier alpha value is -1.59. The molecule has 1 aliphatic heterocycles. The van der Waals surface area contributed by atoms with E-state index in [1.54, 1.807) is 23.9 Å². The number of carboxylic acid groups (broad SMARTS) is 1. The van der Waals surface area contributed by atoms with E-state index in [9.17, 15) is 9.90 Å². The number of aromatic carboxylic acids is 1. The van der Waals surface area contributed by atoms with Crippen molar-refractivity contribution in [1.82, 2.24) is 4.98 Å².